The van der Waals surface area contributed by atoms with E-state index in [0.29, 0.717) is 11.6 Å². The summed E-state index contributed by atoms with van der Waals surface area (Å²) in [6, 6.07) is 8.00. The molecule has 2 rings (SSSR count). The van der Waals surface area contributed by atoms with Crippen molar-refractivity contribution in [3.8, 4) is 0 Å². The number of hydroxylamine groups is 1. The zero-order chi connectivity index (χ0) is 19.1. The zero-order valence-corrected chi connectivity index (χ0v) is 16.5. The molecule has 4 nitrogen and oxygen atoms in total. The SMILES string of the molecule is C=C1CC(C)CC(CCC(CC)N(C)Cc2ccc(C(=O)NO)cc2)C1. The van der Waals surface area contributed by atoms with Crippen LogP contribution in [0.15, 0.2) is 36.4 Å². The molecular formula is C22H34N2O2. The van der Waals surface area contributed by atoms with Crippen LogP contribution < -0.4 is 5.48 Å². The summed E-state index contributed by atoms with van der Waals surface area (Å²) in [6.45, 7) is 9.70. The average molecular weight is 359 g/mol. The second-order valence-electron chi connectivity index (χ2n) is 8.06. The number of hydrogen-bond acceptors (Lipinski definition) is 3. The van der Waals surface area contributed by atoms with Gasteiger partial charge in [0.15, 0.2) is 0 Å². The van der Waals surface area contributed by atoms with Crippen molar-refractivity contribution in [3.63, 3.8) is 0 Å². The Morgan fingerprint density at radius 2 is 2.04 bits per heavy atom. The third-order valence-corrected chi connectivity index (χ3v) is 5.70. The lowest BCUT2D eigenvalue weighted by atomic mass is 9.77. The maximum absolute atomic E-state index is 11.4. The highest BCUT2D eigenvalue weighted by molar-refractivity contribution is 5.93. The first-order chi connectivity index (χ1) is 12.4. The van der Waals surface area contributed by atoms with Gasteiger partial charge in [-0.3, -0.25) is 14.9 Å². The number of rotatable bonds is 8. The van der Waals surface area contributed by atoms with E-state index in [4.69, 9.17) is 5.21 Å². The van der Waals surface area contributed by atoms with Crippen molar-refractivity contribution < 1.29 is 10.0 Å². The van der Waals surface area contributed by atoms with Gasteiger partial charge in [-0.2, -0.15) is 0 Å². The van der Waals surface area contributed by atoms with Crippen LogP contribution in [0.5, 0.6) is 0 Å². The number of hydrogen-bond donors (Lipinski definition) is 2. The Labute approximate surface area is 158 Å². The lowest BCUT2D eigenvalue weighted by Crippen LogP contribution is -2.31. The molecule has 0 bridgehead atoms. The third-order valence-electron chi connectivity index (χ3n) is 5.70. The van der Waals surface area contributed by atoms with Gasteiger partial charge in [-0.1, -0.05) is 38.1 Å². The molecule has 1 fully saturated rings. The Morgan fingerprint density at radius 3 is 2.62 bits per heavy atom. The van der Waals surface area contributed by atoms with Crippen LogP contribution in [0.3, 0.4) is 0 Å². The molecule has 2 N–H and O–H groups in total. The van der Waals surface area contributed by atoms with Crippen LogP contribution in [0.25, 0.3) is 0 Å². The van der Waals surface area contributed by atoms with E-state index < -0.39 is 5.91 Å². The molecule has 0 aliphatic heterocycles. The quantitative estimate of drug-likeness (QED) is 0.399. The number of nitrogens with one attached hydrogen (secondary N) is 1. The first-order valence-electron chi connectivity index (χ1n) is 9.83. The minimum Gasteiger partial charge on any atom is -0.299 e. The maximum atomic E-state index is 11.4. The molecule has 1 amide bonds. The minimum atomic E-state index is -0.473. The van der Waals surface area contributed by atoms with Crippen molar-refractivity contribution in [3.05, 3.63) is 47.5 Å². The largest absolute Gasteiger partial charge is 0.299 e. The van der Waals surface area contributed by atoms with Gasteiger partial charge in [0.25, 0.3) is 5.91 Å². The normalized spacial score (nSPS) is 21.7. The molecule has 3 unspecified atom stereocenters. The predicted molar refractivity (Wildman–Crippen MR) is 106 cm³/mol. The molecule has 0 spiro atoms. The van der Waals surface area contributed by atoms with Gasteiger partial charge >= 0.3 is 0 Å². The average Bonchev–Trinajstić information content (AvgIpc) is 2.61. The fourth-order valence-electron chi connectivity index (χ4n) is 4.35. The highest BCUT2D eigenvalue weighted by atomic mass is 16.5. The first-order valence-corrected chi connectivity index (χ1v) is 9.83. The van der Waals surface area contributed by atoms with E-state index in [1.54, 1.807) is 17.6 Å². The van der Waals surface area contributed by atoms with Gasteiger partial charge < -0.3 is 0 Å². The van der Waals surface area contributed by atoms with Crippen LogP contribution in [-0.4, -0.2) is 29.1 Å². The molecule has 1 aromatic rings. The topological polar surface area (TPSA) is 52.6 Å². The smallest absolute Gasteiger partial charge is 0.274 e. The molecule has 144 valence electrons. The molecule has 0 radical (unpaired) electrons. The number of benzene rings is 1. The summed E-state index contributed by atoms with van der Waals surface area (Å²) in [6.07, 6.45) is 7.40. The van der Waals surface area contributed by atoms with E-state index in [1.165, 1.54) is 43.2 Å². The third kappa shape index (κ3) is 5.96. The standard InChI is InChI=1S/C22H34N2O2/c1-5-21(11-8-19-13-16(2)12-17(3)14-19)24(4)15-18-6-9-20(10-7-18)22(25)23-26/h6-7,9-10,17,19,21,26H,2,5,8,11-15H2,1,3-4H3,(H,23,25). The number of carbonyl (C=O) groups excluding carboxylic acids is 1. The molecule has 4 heteroatoms. The molecule has 0 aromatic heterocycles. The van der Waals surface area contributed by atoms with Gasteiger partial charge in [-0.15, -0.1) is 0 Å². The monoisotopic (exact) mass is 358 g/mol. The van der Waals surface area contributed by atoms with Gasteiger partial charge in [-0.05, 0) is 75.1 Å². The van der Waals surface area contributed by atoms with Crippen LogP contribution in [0.2, 0.25) is 0 Å². The summed E-state index contributed by atoms with van der Waals surface area (Å²) < 4.78 is 0. The van der Waals surface area contributed by atoms with Crippen molar-refractivity contribution in [1.82, 2.24) is 10.4 Å². The lowest BCUT2D eigenvalue weighted by molar-refractivity contribution is 0.0706. The molecule has 1 aliphatic rings. The van der Waals surface area contributed by atoms with Crippen LogP contribution in [0.4, 0.5) is 0 Å². The molecule has 0 saturated heterocycles. The Morgan fingerprint density at radius 1 is 1.35 bits per heavy atom. The Hall–Kier alpha value is -1.65. The highest BCUT2D eigenvalue weighted by Crippen LogP contribution is 2.35. The Balaban J connectivity index is 1.86. The summed E-state index contributed by atoms with van der Waals surface area (Å²) in [5.74, 6) is 1.11. The van der Waals surface area contributed by atoms with E-state index in [1.807, 2.05) is 12.1 Å². The highest BCUT2D eigenvalue weighted by Gasteiger charge is 2.23. The zero-order valence-electron chi connectivity index (χ0n) is 16.5. The van der Waals surface area contributed by atoms with Crippen molar-refractivity contribution in [2.45, 2.75) is 65.0 Å². The minimum absolute atomic E-state index is 0.470. The van der Waals surface area contributed by atoms with Gasteiger partial charge in [0, 0.05) is 18.2 Å². The Kier molecular flexibility index (Phi) is 7.85. The summed E-state index contributed by atoms with van der Waals surface area (Å²) in [5, 5.41) is 8.69. The first kappa shape index (κ1) is 20.7. The summed E-state index contributed by atoms with van der Waals surface area (Å²) in [4.78, 5) is 13.8. The fraction of sp³-hybridized carbons (Fsp3) is 0.591. The number of carbonyl (C=O) groups is 1. The second-order valence-corrected chi connectivity index (χ2v) is 8.06. The molecule has 26 heavy (non-hydrogen) atoms. The van der Waals surface area contributed by atoms with Gasteiger partial charge in [0.2, 0.25) is 0 Å². The molecule has 1 aromatic carbocycles. The van der Waals surface area contributed by atoms with Gasteiger partial charge in [-0.25, -0.2) is 5.48 Å². The van der Waals surface area contributed by atoms with E-state index in [2.05, 4.69) is 32.4 Å². The van der Waals surface area contributed by atoms with Crippen molar-refractivity contribution in [1.29, 1.82) is 0 Å². The molecule has 1 aliphatic carbocycles. The summed E-state index contributed by atoms with van der Waals surface area (Å²) >= 11 is 0. The van der Waals surface area contributed by atoms with E-state index in [0.717, 1.165) is 24.8 Å². The molecule has 0 heterocycles. The number of nitrogens with zero attached hydrogens (tertiary/aromatic N) is 1. The van der Waals surface area contributed by atoms with E-state index >= 15 is 0 Å². The van der Waals surface area contributed by atoms with Crippen LogP contribution in [0, 0.1) is 11.8 Å². The number of allylic oxidation sites excluding steroid dienone is 1. The second kappa shape index (κ2) is 9.89. The predicted octanol–water partition coefficient (Wildman–Crippen LogP) is 4.79. The van der Waals surface area contributed by atoms with Crippen molar-refractivity contribution in [2.24, 2.45) is 11.8 Å². The molecule has 3 atom stereocenters. The number of amides is 1. The molecular weight excluding hydrogens is 324 g/mol. The van der Waals surface area contributed by atoms with Crippen LogP contribution in [-0.2, 0) is 6.54 Å². The summed E-state index contributed by atoms with van der Waals surface area (Å²) in [5.41, 5.74) is 4.75. The summed E-state index contributed by atoms with van der Waals surface area (Å²) in [7, 11) is 2.19. The van der Waals surface area contributed by atoms with E-state index in [9.17, 15) is 4.79 Å². The lowest BCUT2D eigenvalue weighted by Gasteiger charge is -2.32. The molecule has 1 saturated carbocycles. The van der Waals surface area contributed by atoms with E-state index in [-0.39, 0.29) is 0 Å². The van der Waals surface area contributed by atoms with Gasteiger partial charge in [0.05, 0.1) is 0 Å². The Bertz CT molecular complexity index is 597. The van der Waals surface area contributed by atoms with Crippen molar-refractivity contribution in [2.75, 3.05) is 7.05 Å². The fourth-order valence-corrected chi connectivity index (χ4v) is 4.35. The van der Waals surface area contributed by atoms with Crippen LogP contribution in [0.1, 0.15) is 68.3 Å². The maximum Gasteiger partial charge on any atom is 0.274 e. The van der Waals surface area contributed by atoms with Gasteiger partial charge in [0.1, 0.15) is 0 Å². The van der Waals surface area contributed by atoms with Crippen LogP contribution >= 0.6 is 0 Å². The van der Waals surface area contributed by atoms with Crippen molar-refractivity contribution >= 4 is 5.91 Å².